The zero-order valence-corrected chi connectivity index (χ0v) is 17.8. The molecule has 6 heteroatoms. The molecule has 0 unspecified atom stereocenters. The van der Waals surface area contributed by atoms with E-state index in [2.05, 4.69) is 5.10 Å². The number of benzene rings is 3. The number of para-hydroxylation sites is 3. The van der Waals surface area contributed by atoms with Crippen LogP contribution >= 0.6 is 11.3 Å². The highest BCUT2D eigenvalue weighted by Gasteiger charge is 2.23. The molecular formula is C25H20N4OS. The summed E-state index contributed by atoms with van der Waals surface area (Å²) in [7, 11) is 0. The van der Waals surface area contributed by atoms with Crippen LogP contribution < -0.4 is 4.90 Å². The molecule has 3 aromatic carbocycles. The van der Waals surface area contributed by atoms with Crippen molar-refractivity contribution in [1.29, 1.82) is 0 Å². The minimum Gasteiger partial charge on any atom is -0.274 e. The van der Waals surface area contributed by atoms with Crippen LogP contribution in [0.3, 0.4) is 0 Å². The third-order valence-corrected chi connectivity index (χ3v) is 6.11. The average Bonchev–Trinajstić information content (AvgIpc) is 3.43. The van der Waals surface area contributed by atoms with Crippen LogP contribution in [0.25, 0.3) is 15.9 Å². The van der Waals surface area contributed by atoms with Crippen molar-refractivity contribution in [3.05, 3.63) is 102 Å². The molecule has 2 aromatic heterocycles. The molecule has 0 aliphatic carbocycles. The Kier molecular flexibility index (Phi) is 5.06. The number of rotatable bonds is 5. The Labute approximate surface area is 184 Å². The Balaban J connectivity index is 1.50. The van der Waals surface area contributed by atoms with Crippen molar-refractivity contribution in [2.45, 2.75) is 13.3 Å². The number of nitrogens with zero attached hydrogens (tertiary/aromatic N) is 4. The number of hydrogen-bond donors (Lipinski definition) is 0. The fourth-order valence-corrected chi connectivity index (χ4v) is 4.54. The topological polar surface area (TPSA) is 51.0 Å². The Bertz CT molecular complexity index is 1320. The van der Waals surface area contributed by atoms with Crippen molar-refractivity contribution >= 4 is 38.3 Å². The zero-order valence-electron chi connectivity index (χ0n) is 17.0. The van der Waals surface area contributed by atoms with Crippen LogP contribution in [0.5, 0.6) is 0 Å². The number of aromatic nitrogens is 3. The first-order valence-electron chi connectivity index (χ1n) is 10.0. The predicted octanol–water partition coefficient (Wildman–Crippen LogP) is 5.70. The second-order valence-corrected chi connectivity index (χ2v) is 8.29. The van der Waals surface area contributed by atoms with E-state index in [1.807, 2.05) is 92.0 Å². The van der Waals surface area contributed by atoms with Crippen LogP contribution in [0.1, 0.15) is 11.1 Å². The number of aryl methyl sites for hydroxylation is 1. The van der Waals surface area contributed by atoms with E-state index < -0.39 is 0 Å². The molecule has 0 fully saturated rings. The third-order valence-electron chi connectivity index (χ3n) is 5.09. The molecule has 2 heterocycles. The normalized spacial score (nSPS) is 11.0. The van der Waals surface area contributed by atoms with Crippen molar-refractivity contribution < 1.29 is 4.79 Å². The maximum Gasteiger partial charge on any atom is 0.237 e. The molecular weight excluding hydrogens is 404 g/mol. The lowest BCUT2D eigenvalue weighted by atomic mass is 10.1. The predicted molar refractivity (Wildman–Crippen MR) is 125 cm³/mol. The molecule has 0 atom stereocenters. The van der Waals surface area contributed by atoms with Gasteiger partial charge in [-0.2, -0.15) is 5.10 Å². The number of carbonyl (C=O) groups is 1. The Morgan fingerprint density at radius 3 is 2.52 bits per heavy atom. The van der Waals surface area contributed by atoms with E-state index in [0.29, 0.717) is 5.13 Å². The Morgan fingerprint density at radius 2 is 1.71 bits per heavy atom. The molecule has 5 nitrogen and oxygen atoms in total. The van der Waals surface area contributed by atoms with Gasteiger partial charge in [0.25, 0.3) is 0 Å². The SMILES string of the molecule is Cc1ccccc1N(C(=O)Cc1cnn(-c2ccccc2)c1)c1nc2ccccc2s1. The molecule has 5 rings (SSSR count). The van der Waals surface area contributed by atoms with Crippen LogP contribution in [0, 0.1) is 6.92 Å². The van der Waals surface area contributed by atoms with E-state index in [1.165, 1.54) is 11.3 Å². The lowest BCUT2D eigenvalue weighted by Gasteiger charge is -2.21. The Hall–Kier alpha value is -3.77. The molecule has 0 N–H and O–H groups in total. The molecule has 5 aromatic rings. The van der Waals surface area contributed by atoms with E-state index in [0.717, 1.165) is 32.7 Å². The van der Waals surface area contributed by atoms with E-state index in [-0.39, 0.29) is 12.3 Å². The smallest absolute Gasteiger partial charge is 0.237 e. The van der Waals surface area contributed by atoms with Gasteiger partial charge >= 0.3 is 0 Å². The largest absolute Gasteiger partial charge is 0.274 e. The summed E-state index contributed by atoms with van der Waals surface area (Å²) in [6.45, 7) is 2.01. The van der Waals surface area contributed by atoms with Crippen molar-refractivity contribution in [3.8, 4) is 5.69 Å². The van der Waals surface area contributed by atoms with Gasteiger partial charge in [-0.25, -0.2) is 9.67 Å². The van der Waals surface area contributed by atoms with Gasteiger partial charge < -0.3 is 0 Å². The first-order valence-corrected chi connectivity index (χ1v) is 10.8. The van der Waals surface area contributed by atoms with Crippen molar-refractivity contribution in [1.82, 2.24) is 14.8 Å². The molecule has 152 valence electrons. The zero-order chi connectivity index (χ0) is 21.2. The van der Waals surface area contributed by atoms with E-state index >= 15 is 0 Å². The highest BCUT2D eigenvalue weighted by Crippen LogP contribution is 2.35. The molecule has 0 saturated carbocycles. The number of fused-ring (bicyclic) bond motifs is 1. The molecule has 0 saturated heterocycles. The van der Waals surface area contributed by atoms with Crippen molar-refractivity contribution in [2.24, 2.45) is 0 Å². The highest BCUT2D eigenvalue weighted by molar-refractivity contribution is 7.22. The summed E-state index contributed by atoms with van der Waals surface area (Å²) in [5.74, 6) is -0.0408. The lowest BCUT2D eigenvalue weighted by Crippen LogP contribution is -2.28. The molecule has 0 spiro atoms. The molecule has 31 heavy (non-hydrogen) atoms. The first-order chi connectivity index (χ1) is 15.2. The van der Waals surface area contributed by atoms with Crippen LogP contribution in [0.2, 0.25) is 0 Å². The summed E-state index contributed by atoms with van der Waals surface area (Å²) in [5.41, 5.74) is 4.58. The van der Waals surface area contributed by atoms with E-state index in [9.17, 15) is 4.79 Å². The monoisotopic (exact) mass is 424 g/mol. The minimum atomic E-state index is -0.0408. The third kappa shape index (κ3) is 3.85. The van der Waals surface area contributed by atoms with Gasteiger partial charge in [-0.3, -0.25) is 9.69 Å². The summed E-state index contributed by atoms with van der Waals surface area (Å²) in [6, 6.07) is 25.7. The number of hydrogen-bond acceptors (Lipinski definition) is 4. The van der Waals surface area contributed by atoms with Crippen LogP contribution in [-0.4, -0.2) is 20.7 Å². The van der Waals surface area contributed by atoms with Gasteiger partial charge in [0, 0.05) is 6.20 Å². The van der Waals surface area contributed by atoms with Gasteiger partial charge in [0.05, 0.1) is 34.2 Å². The van der Waals surface area contributed by atoms with Gasteiger partial charge in [-0.15, -0.1) is 0 Å². The average molecular weight is 425 g/mol. The van der Waals surface area contributed by atoms with E-state index in [1.54, 1.807) is 15.8 Å². The summed E-state index contributed by atoms with van der Waals surface area (Å²) in [6.07, 6.45) is 3.89. The van der Waals surface area contributed by atoms with Crippen molar-refractivity contribution in [3.63, 3.8) is 0 Å². The molecule has 0 radical (unpaired) electrons. The summed E-state index contributed by atoms with van der Waals surface area (Å²) in [4.78, 5) is 20.0. The second kappa shape index (κ2) is 8.16. The van der Waals surface area contributed by atoms with Gasteiger partial charge in [-0.05, 0) is 48.4 Å². The van der Waals surface area contributed by atoms with E-state index in [4.69, 9.17) is 4.98 Å². The van der Waals surface area contributed by atoms with Crippen molar-refractivity contribution in [2.75, 3.05) is 4.90 Å². The summed E-state index contributed by atoms with van der Waals surface area (Å²) >= 11 is 1.52. The van der Waals surface area contributed by atoms with Crippen LogP contribution in [0.15, 0.2) is 91.3 Å². The molecule has 0 aliphatic rings. The quantitative estimate of drug-likeness (QED) is 0.364. The minimum absolute atomic E-state index is 0.0408. The maximum absolute atomic E-state index is 13.5. The van der Waals surface area contributed by atoms with Gasteiger partial charge in [-0.1, -0.05) is 59.9 Å². The van der Waals surface area contributed by atoms with Gasteiger partial charge in [0.1, 0.15) is 0 Å². The summed E-state index contributed by atoms with van der Waals surface area (Å²) < 4.78 is 2.85. The molecule has 1 amide bonds. The number of anilines is 2. The van der Waals surface area contributed by atoms with Crippen LogP contribution in [-0.2, 0) is 11.2 Å². The fourth-order valence-electron chi connectivity index (χ4n) is 3.54. The van der Waals surface area contributed by atoms with Gasteiger partial charge in [0.2, 0.25) is 5.91 Å². The first kappa shape index (κ1) is 19.2. The second-order valence-electron chi connectivity index (χ2n) is 7.29. The molecule has 0 bridgehead atoms. The maximum atomic E-state index is 13.5. The lowest BCUT2D eigenvalue weighted by molar-refractivity contribution is -0.117. The highest BCUT2D eigenvalue weighted by atomic mass is 32.1. The Morgan fingerprint density at radius 1 is 0.968 bits per heavy atom. The number of thiazole rings is 1. The summed E-state index contributed by atoms with van der Waals surface area (Å²) in [5, 5.41) is 5.11. The number of carbonyl (C=O) groups excluding carboxylic acids is 1. The molecule has 0 aliphatic heterocycles. The van der Waals surface area contributed by atoms with Gasteiger partial charge in [0.15, 0.2) is 5.13 Å². The number of amides is 1. The fraction of sp³-hybridized carbons (Fsp3) is 0.0800. The standard InChI is InChI=1S/C25H20N4OS/c1-18-9-5-7-13-22(18)29(25-27-21-12-6-8-14-23(21)31-25)24(30)15-19-16-26-28(17-19)20-10-3-2-4-11-20/h2-14,16-17H,15H2,1H3. The van der Waals surface area contributed by atoms with Crippen LogP contribution in [0.4, 0.5) is 10.8 Å².